The number of hydrogen-bond donors (Lipinski definition) is 0. The lowest BCUT2D eigenvalue weighted by Crippen LogP contribution is -2.00. The predicted octanol–water partition coefficient (Wildman–Crippen LogP) is 5.78. The van der Waals surface area contributed by atoms with Crippen molar-refractivity contribution in [3.63, 3.8) is 0 Å². The fraction of sp³-hybridized carbons (Fsp3) is 0.227. The van der Waals surface area contributed by atoms with Gasteiger partial charge in [0, 0.05) is 28.6 Å². The molecule has 0 aliphatic heterocycles. The second-order valence-electron chi connectivity index (χ2n) is 6.95. The third-order valence-electron chi connectivity index (χ3n) is 4.76. The number of thioether (sulfide) groups is 1. The van der Waals surface area contributed by atoms with Gasteiger partial charge >= 0.3 is 5.63 Å². The molecule has 2 aromatic heterocycles. The molecule has 0 N–H and O–H groups in total. The minimum Gasteiger partial charge on any atom is -0.423 e. The summed E-state index contributed by atoms with van der Waals surface area (Å²) in [5.74, 6) is 1.37. The van der Waals surface area contributed by atoms with Gasteiger partial charge in [-0.15, -0.1) is 10.2 Å². The van der Waals surface area contributed by atoms with Crippen LogP contribution in [-0.4, -0.2) is 10.2 Å². The first-order valence-electron chi connectivity index (χ1n) is 9.22. The molecule has 1 atom stereocenters. The van der Waals surface area contributed by atoms with Crippen molar-refractivity contribution in [2.75, 3.05) is 0 Å². The molecule has 4 aromatic rings. The highest BCUT2D eigenvalue weighted by Gasteiger charge is 2.14. The second-order valence-corrected chi connectivity index (χ2v) is 8.29. The number of nitrogens with zero attached hydrogens (tertiary/aromatic N) is 2. The van der Waals surface area contributed by atoms with Gasteiger partial charge in [0.1, 0.15) is 5.58 Å². The molecule has 2 heterocycles. The summed E-state index contributed by atoms with van der Waals surface area (Å²) in [6.45, 7) is 4.01. The van der Waals surface area contributed by atoms with Crippen molar-refractivity contribution >= 4 is 34.3 Å². The maximum atomic E-state index is 11.9. The third-order valence-corrected chi connectivity index (χ3v) is 6.03. The minimum atomic E-state index is -0.391. The van der Waals surface area contributed by atoms with Crippen molar-refractivity contribution in [1.29, 1.82) is 0 Å². The summed E-state index contributed by atoms with van der Waals surface area (Å²) in [4.78, 5) is 11.9. The summed E-state index contributed by atoms with van der Waals surface area (Å²) >= 11 is 7.64. The van der Waals surface area contributed by atoms with Crippen molar-refractivity contribution in [3.05, 3.63) is 86.6 Å². The van der Waals surface area contributed by atoms with Crippen LogP contribution in [0.1, 0.15) is 35.4 Å². The molecule has 0 spiro atoms. The Hall–Kier alpha value is -2.57. The largest absolute Gasteiger partial charge is 0.423 e. The summed E-state index contributed by atoms with van der Waals surface area (Å²) < 4.78 is 11.1. The van der Waals surface area contributed by atoms with Gasteiger partial charge in [-0.1, -0.05) is 60.6 Å². The molecule has 0 aliphatic rings. The summed E-state index contributed by atoms with van der Waals surface area (Å²) in [5.41, 5.74) is 3.05. The third kappa shape index (κ3) is 4.54. The molecule has 1 unspecified atom stereocenters. The molecule has 148 valence electrons. The van der Waals surface area contributed by atoms with E-state index in [1.54, 1.807) is 6.07 Å². The first-order valence-corrected chi connectivity index (χ1v) is 10.6. The molecule has 0 saturated heterocycles. The van der Waals surface area contributed by atoms with Crippen molar-refractivity contribution < 1.29 is 8.83 Å². The van der Waals surface area contributed by atoms with Gasteiger partial charge in [0.15, 0.2) is 0 Å². The quantitative estimate of drug-likeness (QED) is 0.287. The fourth-order valence-corrected chi connectivity index (χ4v) is 4.08. The van der Waals surface area contributed by atoms with Crippen LogP contribution in [-0.2, 0) is 12.2 Å². The topological polar surface area (TPSA) is 69.1 Å². The summed E-state index contributed by atoms with van der Waals surface area (Å²) in [6, 6.07) is 15.3. The first kappa shape index (κ1) is 19.7. The Kier molecular flexibility index (Phi) is 5.74. The first-order chi connectivity index (χ1) is 14.0. The zero-order valence-corrected chi connectivity index (χ0v) is 17.6. The van der Waals surface area contributed by atoms with Gasteiger partial charge in [-0.05, 0) is 41.7 Å². The molecular formula is C22H19ClN2O3S. The van der Waals surface area contributed by atoms with E-state index in [4.69, 9.17) is 20.4 Å². The van der Waals surface area contributed by atoms with Crippen LogP contribution < -0.4 is 5.63 Å². The summed E-state index contributed by atoms with van der Waals surface area (Å²) in [7, 11) is 0. The van der Waals surface area contributed by atoms with Crippen LogP contribution >= 0.6 is 23.4 Å². The molecule has 29 heavy (non-hydrogen) atoms. The lowest BCUT2D eigenvalue weighted by Gasteiger charge is -2.08. The van der Waals surface area contributed by atoms with E-state index in [0.717, 1.165) is 16.5 Å². The Morgan fingerprint density at radius 1 is 1.10 bits per heavy atom. The van der Waals surface area contributed by atoms with E-state index in [1.807, 2.05) is 31.2 Å². The van der Waals surface area contributed by atoms with E-state index in [-0.39, 0.29) is 5.92 Å². The van der Waals surface area contributed by atoms with E-state index in [1.165, 1.54) is 23.4 Å². The van der Waals surface area contributed by atoms with Crippen molar-refractivity contribution in [3.8, 4) is 0 Å². The van der Waals surface area contributed by atoms with Gasteiger partial charge in [0.25, 0.3) is 5.22 Å². The molecule has 0 bridgehead atoms. The Balaban J connectivity index is 1.49. The van der Waals surface area contributed by atoms with Crippen LogP contribution in [0.4, 0.5) is 0 Å². The Morgan fingerprint density at radius 2 is 1.90 bits per heavy atom. The number of aryl methyl sites for hydroxylation is 1. The molecule has 5 nitrogen and oxygen atoms in total. The minimum absolute atomic E-state index is 0.280. The zero-order chi connectivity index (χ0) is 20.4. The number of hydrogen-bond acceptors (Lipinski definition) is 6. The van der Waals surface area contributed by atoms with Gasteiger partial charge in [0.05, 0.1) is 0 Å². The smallest absolute Gasteiger partial charge is 0.336 e. The lowest BCUT2D eigenvalue weighted by atomic mass is 9.98. The van der Waals surface area contributed by atoms with Crippen molar-refractivity contribution in [2.24, 2.45) is 0 Å². The maximum Gasteiger partial charge on any atom is 0.336 e. The maximum absolute atomic E-state index is 11.9. The van der Waals surface area contributed by atoms with E-state index in [0.29, 0.717) is 33.9 Å². The molecule has 4 rings (SSSR count). The van der Waals surface area contributed by atoms with Crippen LogP contribution in [0.2, 0.25) is 5.02 Å². The van der Waals surface area contributed by atoms with E-state index < -0.39 is 5.63 Å². The molecule has 0 fully saturated rings. The molecule has 7 heteroatoms. The Bertz CT molecular complexity index is 1200. The molecule has 0 saturated carbocycles. The highest BCUT2D eigenvalue weighted by atomic mass is 35.5. The average molecular weight is 427 g/mol. The number of rotatable bonds is 6. The van der Waals surface area contributed by atoms with E-state index in [2.05, 4.69) is 29.3 Å². The number of aromatic nitrogens is 2. The molecule has 0 radical (unpaired) electrons. The molecule has 0 aliphatic carbocycles. The highest BCUT2D eigenvalue weighted by molar-refractivity contribution is 7.98. The SMILES string of the molecule is Cc1cc2oc(=O)cc(CSc3nnc(CC(C)c4ccccc4)o3)c2cc1Cl. The Morgan fingerprint density at radius 3 is 2.69 bits per heavy atom. The lowest BCUT2D eigenvalue weighted by molar-refractivity contribution is 0.404. The van der Waals surface area contributed by atoms with Crippen LogP contribution in [0.15, 0.2) is 67.4 Å². The second kappa shape index (κ2) is 8.43. The number of fused-ring (bicyclic) bond motifs is 1. The van der Waals surface area contributed by atoms with E-state index >= 15 is 0 Å². The monoisotopic (exact) mass is 426 g/mol. The number of benzene rings is 2. The van der Waals surface area contributed by atoms with Crippen LogP contribution in [0, 0.1) is 6.92 Å². The highest BCUT2D eigenvalue weighted by Crippen LogP contribution is 2.30. The van der Waals surface area contributed by atoms with Gasteiger partial charge < -0.3 is 8.83 Å². The molecule has 0 amide bonds. The standard InChI is InChI=1S/C22H19ClN2O3S/c1-13(15-6-4-3-5-7-15)9-20-24-25-22(28-20)29-12-16-10-21(26)27-19-8-14(2)18(23)11-17(16)19/h3-8,10-11,13H,9,12H2,1-2H3. The fourth-order valence-electron chi connectivity index (χ4n) is 3.15. The van der Waals surface area contributed by atoms with Gasteiger partial charge in [0.2, 0.25) is 5.89 Å². The summed E-state index contributed by atoms with van der Waals surface area (Å²) in [6.07, 6.45) is 0.671. The number of halogens is 1. The van der Waals surface area contributed by atoms with E-state index in [9.17, 15) is 4.79 Å². The van der Waals surface area contributed by atoms with Crippen LogP contribution in [0.3, 0.4) is 0 Å². The van der Waals surface area contributed by atoms with Gasteiger partial charge in [-0.3, -0.25) is 0 Å². The van der Waals surface area contributed by atoms with Gasteiger partial charge in [-0.2, -0.15) is 0 Å². The van der Waals surface area contributed by atoms with Crippen LogP contribution in [0.25, 0.3) is 11.0 Å². The Labute approximate surface area is 177 Å². The summed E-state index contributed by atoms with van der Waals surface area (Å²) in [5, 5.41) is 10.2. The normalized spacial score (nSPS) is 12.4. The molecule has 2 aromatic carbocycles. The van der Waals surface area contributed by atoms with Crippen molar-refractivity contribution in [2.45, 2.75) is 37.2 Å². The van der Waals surface area contributed by atoms with Crippen LogP contribution in [0.5, 0.6) is 0 Å². The van der Waals surface area contributed by atoms with Gasteiger partial charge in [-0.25, -0.2) is 4.79 Å². The zero-order valence-electron chi connectivity index (χ0n) is 16.0. The molecular weight excluding hydrogens is 408 g/mol. The predicted molar refractivity (Wildman–Crippen MR) is 115 cm³/mol. The van der Waals surface area contributed by atoms with Crippen molar-refractivity contribution in [1.82, 2.24) is 10.2 Å². The average Bonchev–Trinajstić information content (AvgIpc) is 3.15.